The van der Waals surface area contributed by atoms with Crippen molar-refractivity contribution in [3.63, 3.8) is 0 Å². The number of fused-ring (bicyclic) bond motifs is 1. The van der Waals surface area contributed by atoms with E-state index in [4.69, 9.17) is 11.6 Å². The van der Waals surface area contributed by atoms with Gasteiger partial charge in [-0.05, 0) is 64.5 Å². The van der Waals surface area contributed by atoms with Crippen LogP contribution in [0.4, 0.5) is 21.5 Å². The molecule has 9 heteroatoms. The van der Waals surface area contributed by atoms with E-state index in [1.54, 1.807) is 36.4 Å². The fraction of sp³-hybridized carbons (Fsp3) is 0. The molecule has 0 aliphatic rings. The van der Waals surface area contributed by atoms with Crippen molar-refractivity contribution in [2.75, 3.05) is 10.6 Å². The van der Waals surface area contributed by atoms with Crippen molar-refractivity contribution in [1.82, 2.24) is 9.97 Å². The molecule has 1 amide bonds. The van der Waals surface area contributed by atoms with Gasteiger partial charge in [0.25, 0.3) is 5.91 Å². The average Bonchev–Trinajstić information content (AvgIpc) is 2.77. The Kier molecular flexibility index (Phi) is 5.80. The lowest BCUT2D eigenvalue weighted by Gasteiger charge is -2.14. The summed E-state index contributed by atoms with van der Waals surface area (Å²) in [5.74, 6) is -0.918. The molecule has 0 unspecified atom stereocenters. The van der Waals surface area contributed by atoms with Gasteiger partial charge in [0, 0.05) is 23.0 Å². The molecule has 0 saturated carbocycles. The lowest BCUT2D eigenvalue weighted by molar-refractivity contribution is 0.102. The van der Waals surface area contributed by atoms with Gasteiger partial charge in [-0.15, -0.1) is 0 Å². The number of anilines is 3. The second-order valence-corrected chi connectivity index (χ2v) is 7.58. The van der Waals surface area contributed by atoms with Crippen molar-refractivity contribution in [2.24, 2.45) is 0 Å². The van der Waals surface area contributed by atoms with Crippen LogP contribution in [0.5, 0.6) is 0 Å². The van der Waals surface area contributed by atoms with Gasteiger partial charge in [0.05, 0.1) is 16.2 Å². The largest absolute Gasteiger partial charge is 0.354 e. The summed E-state index contributed by atoms with van der Waals surface area (Å²) >= 11 is 9.21. The number of rotatable bonds is 4. The van der Waals surface area contributed by atoms with E-state index < -0.39 is 5.82 Å². The normalized spacial score (nSPS) is 10.5. The topological polar surface area (TPSA) is 90.7 Å². The molecular formula is C22H12BrClFN5O. The van der Waals surface area contributed by atoms with E-state index in [2.05, 4.69) is 42.6 Å². The summed E-state index contributed by atoms with van der Waals surface area (Å²) in [6.45, 7) is 0. The molecule has 0 atom stereocenters. The number of halogens is 3. The first-order chi connectivity index (χ1) is 15.0. The summed E-state index contributed by atoms with van der Waals surface area (Å²) < 4.78 is 13.9. The quantitative estimate of drug-likeness (QED) is 0.336. The fourth-order valence-corrected chi connectivity index (χ4v) is 3.61. The number of nitriles is 1. The molecule has 0 saturated heterocycles. The van der Waals surface area contributed by atoms with E-state index in [1.165, 1.54) is 24.4 Å². The van der Waals surface area contributed by atoms with Gasteiger partial charge in [-0.1, -0.05) is 17.7 Å². The lowest BCUT2D eigenvalue weighted by atomic mass is 10.1. The number of carbonyl (C=O) groups excluding carboxylic acids is 1. The molecule has 2 aromatic heterocycles. The number of aromatic nitrogens is 2. The van der Waals surface area contributed by atoms with Gasteiger partial charge in [0.2, 0.25) is 0 Å². The van der Waals surface area contributed by atoms with Gasteiger partial charge in [0.15, 0.2) is 0 Å². The maximum absolute atomic E-state index is 13.5. The zero-order valence-electron chi connectivity index (χ0n) is 15.7. The predicted molar refractivity (Wildman–Crippen MR) is 121 cm³/mol. The number of nitrogens with zero attached hydrogens (tertiary/aromatic N) is 3. The molecule has 0 aliphatic heterocycles. The Morgan fingerprint density at radius 2 is 1.94 bits per heavy atom. The number of carbonyl (C=O) groups is 1. The Bertz CT molecular complexity index is 1360. The van der Waals surface area contributed by atoms with Crippen LogP contribution in [0, 0.1) is 17.1 Å². The Hall–Kier alpha value is -3.54. The van der Waals surface area contributed by atoms with Crippen LogP contribution in [0.1, 0.15) is 16.1 Å². The zero-order chi connectivity index (χ0) is 22.0. The molecule has 4 aromatic rings. The number of hydrogen-bond donors (Lipinski definition) is 2. The van der Waals surface area contributed by atoms with Crippen molar-refractivity contribution in [3.05, 3.63) is 87.5 Å². The van der Waals surface area contributed by atoms with Gasteiger partial charge < -0.3 is 10.6 Å². The van der Waals surface area contributed by atoms with E-state index >= 15 is 0 Å². The predicted octanol–water partition coefficient (Wildman–Crippen LogP) is 6.05. The van der Waals surface area contributed by atoms with Crippen LogP contribution in [0.3, 0.4) is 0 Å². The highest BCUT2D eigenvalue weighted by molar-refractivity contribution is 9.10. The van der Waals surface area contributed by atoms with Crippen LogP contribution in [0.15, 0.2) is 65.4 Å². The van der Waals surface area contributed by atoms with Crippen molar-refractivity contribution in [1.29, 1.82) is 5.26 Å². The molecule has 0 aliphatic carbocycles. The summed E-state index contributed by atoms with van der Waals surface area (Å²) in [6, 6.07) is 16.4. The van der Waals surface area contributed by atoms with E-state index in [0.717, 1.165) is 0 Å². The lowest BCUT2D eigenvalue weighted by Crippen LogP contribution is -2.13. The highest BCUT2D eigenvalue weighted by atomic mass is 79.9. The highest BCUT2D eigenvalue weighted by Gasteiger charge is 2.16. The zero-order valence-corrected chi connectivity index (χ0v) is 18.0. The number of benzene rings is 2. The van der Waals surface area contributed by atoms with Crippen LogP contribution in [0.2, 0.25) is 5.02 Å². The fourth-order valence-electron chi connectivity index (χ4n) is 2.95. The van der Waals surface area contributed by atoms with Crippen molar-refractivity contribution in [2.45, 2.75) is 0 Å². The number of pyridine rings is 2. The van der Waals surface area contributed by atoms with E-state index in [9.17, 15) is 14.4 Å². The van der Waals surface area contributed by atoms with Crippen LogP contribution >= 0.6 is 27.5 Å². The third kappa shape index (κ3) is 4.33. The molecule has 2 heterocycles. The van der Waals surface area contributed by atoms with E-state index in [1.807, 2.05) is 0 Å². The monoisotopic (exact) mass is 495 g/mol. The second kappa shape index (κ2) is 8.68. The van der Waals surface area contributed by atoms with Gasteiger partial charge in [-0.25, -0.2) is 9.37 Å². The summed E-state index contributed by atoms with van der Waals surface area (Å²) in [5.41, 5.74) is 2.53. The van der Waals surface area contributed by atoms with Crippen molar-refractivity contribution >= 4 is 61.4 Å². The van der Waals surface area contributed by atoms with Crippen LogP contribution in [-0.4, -0.2) is 15.9 Å². The smallest absolute Gasteiger partial charge is 0.274 e. The number of hydrogen-bond acceptors (Lipinski definition) is 5. The number of nitrogens with one attached hydrogen (secondary N) is 2. The third-order valence-corrected chi connectivity index (χ3v) is 5.26. The third-order valence-electron chi connectivity index (χ3n) is 4.40. The second-order valence-electron chi connectivity index (χ2n) is 6.42. The molecule has 152 valence electrons. The minimum absolute atomic E-state index is 0.0516. The van der Waals surface area contributed by atoms with Crippen molar-refractivity contribution < 1.29 is 9.18 Å². The summed E-state index contributed by atoms with van der Waals surface area (Å²) in [7, 11) is 0. The standard InChI is InChI=1S/C22H12BrClFN5O/c23-21-15(11-26)20(28-13-4-6-17(25)16(24)10-13)14-9-12(5-7-18(14)30-21)29-22(31)19-3-1-2-8-27-19/h1-10H,(H,28,30)(H,29,31). The number of amides is 1. The van der Waals surface area contributed by atoms with Crippen LogP contribution in [-0.2, 0) is 0 Å². The van der Waals surface area contributed by atoms with Gasteiger partial charge in [-0.2, -0.15) is 5.26 Å². The minimum Gasteiger partial charge on any atom is -0.354 e. The molecular weight excluding hydrogens is 485 g/mol. The van der Waals surface area contributed by atoms with E-state index in [0.29, 0.717) is 32.6 Å². The molecule has 4 rings (SSSR count). The van der Waals surface area contributed by atoms with Crippen molar-refractivity contribution in [3.8, 4) is 6.07 Å². The Balaban J connectivity index is 1.79. The summed E-state index contributed by atoms with van der Waals surface area (Å²) in [6.07, 6.45) is 1.53. The molecule has 0 radical (unpaired) electrons. The molecule has 31 heavy (non-hydrogen) atoms. The Morgan fingerprint density at radius 3 is 2.65 bits per heavy atom. The maximum atomic E-state index is 13.5. The highest BCUT2D eigenvalue weighted by Crippen LogP contribution is 2.35. The molecule has 0 spiro atoms. The van der Waals surface area contributed by atoms with E-state index in [-0.39, 0.29) is 22.2 Å². The summed E-state index contributed by atoms with van der Waals surface area (Å²) in [4.78, 5) is 20.9. The first-order valence-electron chi connectivity index (χ1n) is 8.94. The van der Waals surface area contributed by atoms with Gasteiger partial charge in [0.1, 0.15) is 27.7 Å². The molecule has 0 fully saturated rings. The maximum Gasteiger partial charge on any atom is 0.274 e. The summed E-state index contributed by atoms with van der Waals surface area (Å²) in [5, 5.41) is 16.1. The molecule has 2 N–H and O–H groups in total. The first-order valence-corrected chi connectivity index (χ1v) is 10.1. The molecule has 2 aromatic carbocycles. The SMILES string of the molecule is N#Cc1c(Br)nc2ccc(NC(=O)c3ccccn3)cc2c1Nc1ccc(F)c(Cl)c1. The Morgan fingerprint density at radius 1 is 1.13 bits per heavy atom. The minimum atomic E-state index is -0.548. The molecule has 0 bridgehead atoms. The first kappa shape index (κ1) is 20.7. The van der Waals surface area contributed by atoms with Crippen LogP contribution < -0.4 is 10.6 Å². The average molecular weight is 497 g/mol. The molecule has 6 nitrogen and oxygen atoms in total. The van der Waals surface area contributed by atoms with Gasteiger partial charge in [-0.3, -0.25) is 9.78 Å². The van der Waals surface area contributed by atoms with Crippen LogP contribution in [0.25, 0.3) is 10.9 Å². The van der Waals surface area contributed by atoms with Gasteiger partial charge >= 0.3 is 0 Å². The Labute approximate surface area is 189 Å².